The highest BCUT2D eigenvalue weighted by atomic mass is 32.1. The number of aromatic amines is 1. The molecular formula is C12H18N4O2S. The predicted octanol–water partition coefficient (Wildman–Crippen LogP) is 1.05. The number of carbonyl (C=O) groups excluding carboxylic acids is 1. The molecule has 1 aromatic heterocycles. The molecule has 0 aromatic carbocycles. The van der Waals surface area contributed by atoms with Gasteiger partial charge in [-0.1, -0.05) is 12.2 Å². The number of thiocarbonyl (C=S) groups is 1. The third-order valence-corrected chi connectivity index (χ3v) is 4.01. The SMILES string of the molecule is Cc1n[nH]c(C)c1NC(=O)C1(C(N)=S)CCOCC1. The van der Waals surface area contributed by atoms with Crippen LogP contribution in [0.5, 0.6) is 0 Å². The van der Waals surface area contributed by atoms with E-state index in [2.05, 4.69) is 15.5 Å². The Kier molecular flexibility index (Phi) is 3.86. The van der Waals surface area contributed by atoms with Gasteiger partial charge in [0.15, 0.2) is 0 Å². The molecule has 0 radical (unpaired) electrons. The molecule has 1 fully saturated rings. The Balaban J connectivity index is 2.24. The van der Waals surface area contributed by atoms with E-state index in [1.165, 1.54) is 0 Å². The van der Waals surface area contributed by atoms with Crippen molar-refractivity contribution in [3.8, 4) is 0 Å². The number of nitrogens with zero attached hydrogens (tertiary/aromatic N) is 1. The number of carbonyl (C=O) groups is 1. The van der Waals surface area contributed by atoms with Crippen molar-refractivity contribution in [1.82, 2.24) is 10.2 Å². The minimum Gasteiger partial charge on any atom is -0.392 e. The first-order valence-electron chi connectivity index (χ1n) is 6.18. The minimum absolute atomic E-state index is 0.170. The summed E-state index contributed by atoms with van der Waals surface area (Å²) in [7, 11) is 0. The first-order chi connectivity index (χ1) is 8.97. The van der Waals surface area contributed by atoms with Gasteiger partial charge >= 0.3 is 0 Å². The summed E-state index contributed by atoms with van der Waals surface area (Å²) < 4.78 is 5.29. The number of rotatable bonds is 3. The standard InChI is InChI=1S/C12H18N4O2S/c1-7-9(8(2)16-15-7)14-11(17)12(10(13)19)3-5-18-6-4-12/h3-6H2,1-2H3,(H2,13,19)(H,14,17)(H,15,16). The largest absolute Gasteiger partial charge is 0.392 e. The molecule has 2 heterocycles. The Bertz CT molecular complexity index is 486. The van der Waals surface area contributed by atoms with Gasteiger partial charge in [0.25, 0.3) is 0 Å². The van der Waals surface area contributed by atoms with Crippen LogP contribution in [-0.4, -0.2) is 34.3 Å². The smallest absolute Gasteiger partial charge is 0.237 e. The second kappa shape index (κ2) is 5.26. The van der Waals surface area contributed by atoms with E-state index in [0.29, 0.717) is 31.7 Å². The number of nitrogens with two attached hydrogens (primary N) is 1. The van der Waals surface area contributed by atoms with Crippen molar-refractivity contribution in [2.24, 2.45) is 11.1 Å². The first kappa shape index (κ1) is 14.0. The number of aromatic nitrogens is 2. The quantitative estimate of drug-likeness (QED) is 0.721. The van der Waals surface area contributed by atoms with Gasteiger partial charge in [0.05, 0.1) is 22.1 Å². The molecule has 1 aliphatic rings. The van der Waals surface area contributed by atoms with E-state index in [-0.39, 0.29) is 10.9 Å². The lowest BCUT2D eigenvalue weighted by atomic mass is 9.79. The molecule has 1 aliphatic heterocycles. The maximum atomic E-state index is 12.6. The fourth-order valence-corrected chi connectivity index (χ4v) is 2.57. The highest BCUT2D eigenvalue weighted by Gasteiger charge is 2.43. The molecular weight excluding hydrogens is 264 g/mol. The van der Waals surface area contributed by atoms with Gasteiger partial charge in [-0.15, -0.1) is 0 Å². The Morgan fingerprint density at radius 1 is 1.47 bits per heavy atom. The lowest BCUT2D eigenvalue weighted by molar-refractivity contribution is -0.126. The molecule has 19 heavy (non-hydrogen) atoms. The van der Waals surface area contributed by atoms with Crippen LogP contribution in [0.25, 0.3) is 0 Å². The van der Waals surface area contributed by atoms with Crippen LogP contribution >= 0.6 is 12.2 Å². The zero-order valence-electron chi connectivity index (χ0n) is 11.1. The Morgan fingerprint density at radius 3 is 2.58 bits per heavy atom. The highest BCUT2D eigenvalue weighted by molar-refractivity contribution is 7.80. The number of nitrogens with one attached hydrogen (secondary N) is 2. The highest BCUT2D eigenvalue weighted by Crippen LogP contribution is 2.33. The van der Waals surface area contributed by atoms with Crippen LogP contribution in [0.15, 0.2) is 0 Å². The molecule has 6 nitrogen and oxygen atoms in total. The molecule has 7 heteroatoms. The lowest BCUT2D eigenvalue weighted by Crippen LogP contribution is -2.49. The van der Waals surface area contributed by atoms with Crippen LogP contribution in [0.2, 0.25) is 0 Å². The zero-order chi connectivity index (χ0) is 14.0. The van der Waals surface area contributed by atoms with Crippen molar-refractivity contribution < 1.29 is 9.53 Å². The second-order valence-electron chi connectivity index (χ2n) is 4.82. The van der Waals surface area contributed by atoms with Crippen molar-refractivity contribution >= 4 is 28.8 Å². The van der Waals surface area contributed by atoms with Crippen LogP contribution in [0.1, 0.15) is 24.2 Å². The summed E-state index contributed by atoms with van der Waals surface area (Å²) in [4.78, 5) is 12.8. The molecule has 1 aromatic rings. The summed E-state index contributed by atoms with van der Waals surface area (Å²) in [5.74, 6) is -0.170. The van der Waals surface area contributed by atoms with Crippen molar-refractivity contribution in [1.29, 1.82) is 0 Å². The van der Waals surface area contributed by atoms with E-state index >= 15 is 0 Å². The Morgan fingerprint density at radius 2 is 2.11 bits per heavy atom. The molecule has 0 saturated carbocycles. The number of anilines is 1. The normalized spacial score (nSPS) is 18.0. The van der Waals surface area contributed by atoms with E-state index in [0.717, 1.165) is 11.4 Å². The molecule has 1 saturated heterocycles. The lowest BCUT2D eigenvalue weighted by Gasteiger charge is -2.34. The average Bonchev–Trinajstić information content (AvgIpc) is 2.71. The molecule has 0 aliphatic carbocycles. The van der Waals surface area contributed by atoms with Gasteiger partial charge in [0, 0.05) is 13.2 Å². The molecule has 104 valence electrons. The number of ether oxygens (including phenoxy) is 1. The average molecular weight is 282 g/mol. The third-order valence-electron chi connectivity index (χ3n) is 3.62. The van der Waals surface area contributed by atoms with Crippen LogP contribution in [0, 0.1) is 19.3 Å². The summed E-state index contributed by atoms with van der Waals surface area (Å²) in [5, 5.41) is 9.78. The van der Waals surface area contributed by atoms with E-state index in [9.17, 15) is 4.79 Å². The number of amides is 1. The van der Waals surface area contributed by atoms with Gasteiger partial charge in [-0.05, 0) is 26.7 Å². The van der Waals surface area contributed by atoms with Crippen molar-refractivity contribution in [2.45, 2.75) is 26.7 Å². The van der Waals surface area contributed by atoms with Gasteiger partial charge in [-0.2, -0.15) is 5.10 Å². The molecule has 0 atom stereocenters. The Labute approximate surface area is 117 Å². The summed E-state index contributed by atoms with van der Waals surface area (Å²) in [6.07, 6.45) is 1.04. The van der Waals surface area contributed by atoms with Crippen LogP contribution < -0.4 is 11.1 Å². The van der Waals surface area contributed by atoms with Crippen LogP contribution in [0.3, 0.4) is 0 Å². The first-order valence-corrected chi connectivity index (χ1v) is 6.59. The minimum atomic E-state index is -0.816. The number of hydrogen-bond acceptors (Lipinski definition) is 4. The van der Waals surface area contributed by atoms with Gasteiger partial charge < -0.3 is 15.8 Å². The maximum Gasteiger partial charge on any atom is 0.237 e. The number of hydrogen-bond donors (Lipinski definition) is 3. The summed E-state index contributed by atoms with van der Waals surface area (Å²) in [6, 6.07) is 0. The second-order valence-corrected chi connectivity index (χ2v) is 5.26. The third kappa shape index (κ3) is 2.48. The summed E-state index contributed by atoms with van der Waals surface area (Å²) in [5.41, 5.74) is 7.25. The molecule has 0 unspecified atom stereocenters. The summed E-state index contributed by atoms with van der Waals surface area (Å²) >= 11 is 5.10. The van der Waals surface area contributed by atoms with Crippen molar-refractivity contribution in [3.63, 3.8) is 0 Å². The molecule has 1 amide bonds. The van der Waals surface area contributed by atoms with E-state index in [4.69, 9.17) is 22.7 Å². The fourth-order valence-electron chi connectivity index (χ4n) is 2.27. The molecule has 0 bridgehead atoms. The van der Waals surface area contributed by atoms with Gasteiger partial charge in [0.1, 0.15) is 5.41 Å². The van der Waals surface area contributed by atoms with E-state index < -0.39 is 5.41 Å². The van der Waals surface area contributed by atoms with Crippen molar-refractivity contribution in [2.75, 3.05) is 18.5 Å². The van der Waals surface area contributed by atoms with Crippen molar-refractivity contribution in [3.05, 3.63) is 11.4 Å². The van der Waals surface area contributed by atoms with E-state index in [1.54, 1.807) is 0 Å². The summed E-state index contributed by atoms with van der Waals surface area (Å²) in [6.45, 7) is 4.67. The fraction of sp³-hybridized carbons (Fsp3) is 0.583. The molecule has 2 rings (SSSR count). The van der Waals surface area contributed by atoms with Crippen LogP contribution in [0.4, 0.5) is 5.69 Å². The molecule has 0 spiro atoms. The zero-order valence-corrected chi connectivity index (χ0v) is 11.9. The number of aryl methyl sites for hydroxylation is 2. The maximum absolute atomic E-state index is 12.6. The monoisotopic (exact) mass is 282 g/mol. The number of H-pyrrole nitrogens is 1. The van der Waals surface area contributed by atoms with Gasteiger partial charge in [-0.25, -0.2) is 0 Å². The van der Waals surface area contributed by atoms with E-state index in [1.807, 2.05) is 13.8 Å². The van der Waals surface area contributed by atoms with Gasteiger partial charge in [-0.3, -0.25) is 9.89 Å². The molecule has 4 N–H and O–H groups in total. The van der Waals surface area contributed by atoms with Crippen LogP contribution in [-0.2, 0) is 9.53 Å². The Hall–Kier alpha value is -1.47. The van der Waals surface area contributed by atoms with Gasteiger partial charge in [0.2, 0.25) is 5.91 Å². The topological polar surface area (TPSA) is 93.0 Å². The predicted molar refractivity (Wildman–Crippen MR) is 76.0 cm³/mol.